The second-order valence-corrected chi connectivity index (χ2v) is 6.34. The average Bonchev–Trinajstić information content (AvgIpc) is 2.73. The minimum Gasteiger partial charge on any atom is -0.495 e. The van der Waals surface area contributed by atoms with Crippen molar-refractivity contribution >= 4 is 17.5 Å². The molecule has 0 saturated carbocycles. The van der Waals surface area contributed by atoms with Crippen LogP contribution in [0.3, 0.4) is 0 Å². The summed E-state index contributed by atoms with van der Waals surface area (Å²) in [6, 6.07) is 16.1. The van der Waals surface area contributed by atoms with Crippen LogP contribution in [-0.4, -0.2) is 23.9 Å². The number of amides is 2. The summed E-state index contributed by atoms with van der Waals surface area (Å²) in [5.41, 5.74) is 1.96. The van der Waals surface area contributed by atoms with Gasteiger partial charge in [-0.1, -0.05) is 30.3 Å². The Morgan fingerprint density at radius 3 is 2.45 bits per heavy atom. The maximum Gasteiger partial charge on any atom is 0.274 e. The number of hydrogen-bond acceptors (Lipinski definition) is 4. The molecule has 148 valence electrons. The van der Waals surface area contributed by atoms with Crippen molar-refractivity contribution in [2.24, 2.45) is 0 Å². The number of carbonyl (C=O) groups is 2. The van der Waals surface area contributed by atoms with E-state index < -0.39 is 17.6 Å². The number of aryl methyl sites for hydroxylation is 1. The Morgan fingerprint density at radius 2 is 1.72 bits per heavy atom. The molecule has 1 aromatic heterocycles. The highest BCUT2D eigenvalue weighted by Gasteiger charge is 2.15. The molecule has 0 unspecified atom stereocenters. The highest BCUT2D eigenvalue weighted by Crippen LogP contribution is 2.25. The number of benzene rings is 2. The Labute approximate surface area is 167 Å². The van der Waals surface area contributed by atoms with Gasteiger partial charge in [-0.2, -0.15) is 0 Å². The molecule has 6 nitrogen and oxygen atoms in total. The van der Waals surface area contributed by atoms with E-state index in [1.165, 1.54) is 25.3 Å². The van der Waals surface area contributed by atoms with Crippen LogP contribution in [0.2, 0.25) is 0 Å². The van der Waals surface area contributed by atoms with Crippen LogP contribution in [0.25, 0.3) is 0 Å². The molecular formula is C22H20FN3O3. The summed E-state index contributed by atoms with van der Waals surface area (Å²) >= 11 is 0. The van der Waals surface area contributed by atoms with E-state index in [0.29, 0.717) is 17.0 Å². The zero-order chi connectivity index (χ0) is 20.8. The van der Waals surface area contributed by atoms with Crippen LogP contribution in [-0.2, 0) is 6.54 Å². The Hall–Kier alpha value is -3.74. The van der Waals surface area contributed by atoms with E-state index in [-0.39, 0.29) is 17.9 Å². The molecule has 0 fully saturated rings. The van der Waals surface area contributed by atoms with Gasteiger partial charge in [0.25, 0.3) is 11.8 Å². The molecule has 0 aliphatic heterocycles. The number of pyridine rings is 1. The SMILES string of the molecule is COc1ccc(C)cc1NC(=O)c1cccc(C(=O)NCc2ccccc2F)n1. The maximum atomic E-state index is 13.7. The van der Waals surface area contributed by atoms with Crippen LogP contribution in [0.4, 0.5) is 10.1 Å². The van der Waals surface area contributed by atoms with Crippen LogP contribution in [0, 0.1) is 12.7 Å². The van der Waals surface area contributed by atoms with Gasteiger partial charge in [0.05, 0.1) is 12.8 Å². The van der Waals surface area contributed by atoms with E-state index in [1.807, 2.05) is 13.0 Å². The minimum atomic E-state index is -0.504. The van der Waals surface area contributed by atoms with Gasteiger partial charge >= 0.3 is 0 Å². The molecule has 0 aliphatic carbocycles. The maximum absolute atomic E-state index is 13.7. The minimum absolute atomic E-state index is 0.0180. The van der Waals surface area contributed by atoms with E-state index in [4.69, 9.17) is 4.74 Å². The first kappa shape index (κ1) is 20.0. The van der Waals surface area contributed by atoms with Crippen molar-refractivity contribution in [3.05, 3.63) is 89.0 Å². The summed E-state index contributed by atoms with van der Waals surface area (Å²) in [7, 11) is 1.51. The van der Waals surface area contributed by atoms with Crippen LogP contribution < -0.4 is 15.4 Å². The standard InChI is InChI=1S/C22H20FN3O3/c1-14-10-11-20(29-2)19(12-14)26-22(28)18-9-5-8-17(25-18)21(27)24-13-15-6-3-4-7-16(15)23/h3-12H,13H2,1-2H3,(H,24,27)(H,26,28). The molecule has 0 aliphatic rings. The van der Waals surface area contributed by atoms with Crippen LogP contribution >= 0.6 is 0 Å². The summed E-state index contributed by atoms with van der Waals surface area (Å²) in [5, 5.41) is 5.35. The third-order valence-corrected chi connectivity index (χ3v) is 4.21. The molecule has 3 aromatic rings. The van der Waals surface area contributed by atoms with Crippen molar-refractivity contribution in [2.45, 2.75) is 13.5 Å². The van der Waals surface area contributed by atoms with E-state index in [0.717, 1.165) is 5.56 Å². The van der Waals surface area contributed by atoms with Gasteiger partial charge in [-0.05, 0) is 42.8 Å². The third kappa shape index (κ3) is 4.95. The number of aromatic nitrogens is 1. The van der Waals surface area contributed by atoms with Crippen LogP contribution in [0.1, 0.15) is 32.1 Å². The first-order chi connectivity index (χ1) is 14.0. The Morgan fingerprint density at radius 1 is 1.00 bits per heavy atom. The number of hydrogen-bond donors (Lipinski definition) is 2. The molecule has 1 heterocycles. The van der Waals surface area contributed by atoms with Gasteiger partial charge in [0.2, 0.25) is 0 Å². The number of methoxy groups -OCH3 is 1. The lowest BCUT2D eigenvalue weighted by Gasteiger charge is -2.11. The summed E-state index contributed by atoms with van der Waals surface area (Å²) in [5.74, 6) is -0.864. The van der Waals surface area contributed by atoms with E-state index in [9.17, 15) is 14.0 Å². The normalized spacial score (nSPS) is 10.3. The molecule has 0 bridgehead atoms. The van der Waals surface area contributed by atoms with Crippen LogP contribution in [0.5, 0.6) is 5.75 Å². The molecule has 0 radical (unpaired) electrons. The monoisotopic (exact) mass is 393 g/mol. The van der Waals surface area contributed by atoms with E-state index in [2.05, 4.69) is 15.6 Å². The fourth-order valence-electron chi connectivity index (χ4n) is 2.70. The lowest BCUT2D eigenvalue weighted by Crippen LogP contribution is -2.25. The zero-order valence-electron chi connectivity index (χ0n) is 16.0. The fourth-order valence-corrected chi connectivity index (χ4v) is 2.70. The first-order valence-electron chi connectivity index (χ1n) is 8.92. The van der Waals surface area contributed by atoms with Crippen molar-refractivity contribution in [2.75, 3.05) is 12.4 Å². The smallest absolute Gasteiger partial charge is 0.274 e. The van der Waals surface area contributed by atoms with Gasteiger partial charge < -0.3 is 15.4 Å². The molecule has 0 atom stereocenters. The predicted octanol–water partition coefficient (Wildman–Crippen LogP) is 3.72. The lowest BCUT2D eigenvalue weighted by molar-refractivity contribution is 0.0945. The topological polar surface area (TPSA) is 80.3 Å². The number of halogens is 1. The number of carbonyl (C=O) groups excluding carboxylic acids is 2. The van der Waals surface area contributed by atoms with Crippen molar-refractivity contribution in [1.29, 1.82) is 0 Å². The molecule has 7 heteroatoms. The van der Waals surface area contributed by atoms with Gasteiger partial charge in [0.1, 0.15) is 23.0 Å². The third-order valence-electron chi connectivity index (χ3n) is 4.21. The number of rotatable bonds is 6. The van der Waals surface area contributed by atoms with Gasteiger partial charge in [0, 0.05) is 12.1 Å². The number of anilines is 1. The highest BCUT2D eigenvalue weighted by molar-refractivity contribution is 6.04. The van der Waals surface area contributed by atoms with Crippen molar-refractivity contribution < 1.29 is 18.7 Å². The van der Waals surface area contributed by atoms with E-state index >= 15 is 0 Å². The quantitative estimate of drug-likeness (QED) is 0.669. The molecule has 2 aromatic carbocycles. The van der Waals surface area contributed by atoms with E-state index in [1.54, 1.807) is 36.4 Å². The number of nitrogens with one attached hydrogen (secondary N) is 2. The largest absolute Gasteiger partial charge is 0.495 e. The average molecular weight is 393 g/mol. The van der Waals surface area contributed by atoms with Gasteiger partial charge in [-0.25, -0.2) is 9.37 Å². The van der Waals surface area contributed by atoms with Crippen LogP contribution in [0.15, 0.2) is 60.7 Å². The second kappa shape index (κ2) is 8.97. The predicted molar refractivity (Wildman–Crippen MR) is 107 cm³/mol. The zero-order valence-corrected chi connectivity index (χ0v) is 16.0. The molecule has 29 heavy (non-hydrogen) atoms. The fraction of sp³-hybridized carbons (Fsp3) is 0.136. The van der Waals surface area contributed by atoms with Gasteiger partial charge in [0.15, 0.2) is 0 Å². The number of ether oxygens (including phenoxy) is 1. The first-order valence-corrected chi connectivity index (χ1v) is 8.92. The lowest BCUT2D eigenvalue weighted by atomic mass is 10.2. The Bertz CT molecular complexity index is 1050. The summed E-state index contributed by atoms with van der Waals surface area (Å²) < 4.78 is 18.9. The molecular weight excluding hydrogens is 373 g/mol. The summed E-state index contributed by atoms with van der Waals surface area (Å²) in [4.78, 5) is 29.1. The van der Waals surface area contributed by atoms with Gasteiger partial charge in [-0.3, -0.25) is 9.59 Å². The summed E-state index contributed by atoms with van der Waals surface area (Å²) in [6.45, 7) is 1.91. The van der Waals surface area contributed by atoms with Crippen molar-refractivity contribution in [3.63, 3.8) is 0 Å². The molecule has 0 spiro atoms. The molecule has 0 saturated heterocycles. The summed E-state index contributed by atoms with van der Waals surface area (Å²) in [6.07, 6.45) is 0. The molecule has 2 N–H and O–H groups in total. The van der Waals surface area contributed by atoms with Gasteiger partial charge in [-0.15, -0.1) is 0 Å². The molecule has 3 rings (SSSR count). The van der Waals surface area contributed by atoms with Crippen molar-refractivity contribution in [3.8, 4) is 5.75 Å². The second-order valence-electron chi connectivity index (χ2n) is 6.34. The molecule has 2 amide bonds. The highest BCUT2D eigenvalue weighted by atomic mass is 19.1. The van der Waals surface area contributed by atoms with Crippen molar-refractivity contribution in [1.82, 2.24) is 10.3 Å². The number of nitrogens with zero attached hydrogens (tertiary/aromatic N) is 1. The Balaban J connectivity index is 1.72. The Kier molecular flexibility index (Phi) is 6.19.